The minimum Gasteiger partial charge on any atom is -0.343 e. The third-order valence-electron chi connectivity index (χ3n) is 7.67. The Kier molecular flexibility index (Phi) is 9.04. The minimum absolute atomic E-state index is 0.0969. The maximum absolute atomic E-state index is 13.5. The predicted molar refractivity (Wildman–Crippen MR) is 147 cm³/mol. The fraction of sp³-hybridized carbons (Fsp3) is 0.464. The molecule has 2 aromatic carbocycles. The van der Waals surface area contributed by atoms with Crippen LogP contribution >= 0.6 is 34.8 Å². The molecule has 4 rings (SSSR count). The van der Waals surface area contributed by atoms with Crippen molar-refractivity contribution in [1.29, 1.82) is 0 Å². The van der Waals surface area contributed by atoms with Crippen LogP contribution in [0.5, 0.6) is 0 Å². The van der Waals surface area contributed by atoms with Crippen molar-refractivity contribution < 1.29 is 14.4 Å². The number of hydrogen-bond acceptors (Lipinski definition) is 3. The Labute approximate surface area is 233 Å². The van der Waals surface area contributed by atoms with E-state index in [2.05, 4.69) is 0 Å². The molecule has 37 heavy (non-hydrogen) atoms. The first-order valence-electron chi connectivity index (χ1n) is 12.7. The van der Waals surface area contributed by atoms with E-state index in [1.165, 1.54) is 0 Å². The molecule has 0 saturated carbocycles. The fourth-order valence-corrected chi connectivity index (χ4v) is 5.91. The molecule has 198 valence electrons. The lowest BCUT2D eigenvalue weighted by Crippen LogP contribution is -2.53. The van der Waals surface area contributed by atoms with Gasteiger partial charge in [-0.05, 0) is 61.2 Å². The summed E-state index contributed by atoms with van der Waals surface area (Å²) in [7, 11) is 1.81. The molecule has 2 aliphatic rings. The van der Waals surface area contributed by atoms with Crippen molar-refractivity contribution >= 4 is 52.5 Å². The second-order valence-corrected chi connectivity index (χ2v) is 11.1. The molecule has 2 fully saturated rings. The molecule has 0 spiro atoms. The quantitative estimate of drug-likeness (QED) is 0.464. The van der Waals surface area contributed by atoms with Gasteiger partial charge in [-0.1, -0.05) is 47.8 Å². The van der Waals surface area contributed by atoms with Gasteiger partial charge in [-0.3, -0.25) is 14.4 Å². The van der Waals surface area contributed by atoms with E-state index in [-0.39, 0.29) is 35.6 Å². The normalized spacial score (nSPS) is 20.6. The van der Waals surface area contributed by atoms with Crippen LogP contribution in [0.3, 0.4) is 0 Å². The van der Waals surface area contributed by atoms with E-state index in [1.807, 2.05) is 35.9 Å². The van der Waals surface area contributed by atoms with Crippen molar-refractivity contribution in [2.45, 2.75) is 44.6 Å². The Morgan fingerprint density at radius 1 is 0.892 bits per heavy atom. The highest BCUT2D eigenvalue weighted by Gasteiger charge is 2.39. The van der Waals surface area contributed by atoms with Gasteiger partial charge in [-0.15, -0.1) is 0 Å². The van der Waals surface area contributed by atoms with E-state index in [4.69, 9.17) is 34.8 Å². The van der Waals surface area contributed by atoms with Crippen molar-refractivity contribution in [2.24, 2.45) is 5.92 Å². The van der Waals surface area contributed by atoms with E-state index in [9.17, 15) is 14.4 Å². The summed E-state index contributed by atoms with van der Waals surface area (Å²) in [6, 6.07) is 12.3. The molecular weight excluding hydrogens is 533 g/mol. The molecule has 2 aliphatic heterocycles. The Morgan fingerprint density at radius 3 is 2.16 bits per heavy atom. The van der Waals surface area contributed by atoms with Gasteiger partial charge in [0.1, 0.15) is 0 Å². The molecule has 6 nitrogen and oxygen atoms in total. The van der Waals surface area contributed by atoms with Crippen LogP contribution in [-0.4, -0.2) is 71.7 Å². The van der Waals surface area contributed by atoms with E-state index in [0.29, 0.717) is 72.5 Å². The lowest BCUT2D eigenvalue weighted by Gasteiger charge is -2.44. The number of carbonyl (C=O) groups is 3. The molecule has 2 saturated heterocycles. The summed E-state index contributed by atoms with van der Waals surface area (Å²) in [6.07, 6.45) is 2.48. The van der Waals surface area contributed by atoms with Crippen LogP contribution in [0.15, 0.2) is 42.5 Å². The number of rotatable bonds is 5. The van der Waals surface area contributed by atoms with Crippen molar-refractivity contribution in [3.05, 3.63) is 68.7 Å². The van der Waals surface area contributed by atoms with Crippen molar-refractivity contribution in [3.63, 3.8) is 0 Å². The predicted octanol–water partition coefficient (Wildman–Crippen LogP) is 5.75. The van der Waals surface area contributed by atoms with Crippen LogP contribution in [0.25, 0.3) is 0 Å². The number of carbonyl (C=O) groups excluding carboxylic acids is 3. The van der Waals surface area contributed by atoms with Gasteiger partial charge in [0.25, 0.3) is 5.91 Å². The maximum atomic E-state index is 13.5. The molecule has 3 amide bonds. The summed E-state index contributed by atoms with van der Waals surface area (Å²) in [4.78, 5) is 44.5. The summed E-state index contributed by atoms with van der Waals surface area (Å²) in [5.74, 6) is -0.0612. The molecule has 0 N–H and O–H groups in total. The smallest absolute Gasteiger partial charge is 0.253 e. The highest BCUT2D eigenvalue weighted by atomic mass is 35.5. The van der Waals surface area contributed by atoms with Gasteiger partial charge in [-0.25, -0.2) is 0 Å². The fourth-order valence-electron chi connectivity index (χ4n) is 5.48. The van der Waals surface area contributed by atoms with Crippen LogP contribution in [0, 0.1) is 5.92 Å². The van der Waals surface area contributed by atoms with Crippen molar-refractivity contribution in [2.75, 3.05) is 33.2 Å². The summed E-state index contributed by atoms with van der Waals surface area (Å²) in [5, 5.41) is 1.48. The highest BCUT2D eigenvalue weighted by Crippen LogP contribution is 2.35. The van der Waals surface area contributed by atoms with Crippen molar-refractivity contribution in [3.8, 4) is 0 Å². The number of benzene rings is 2. The van der Waals surface area contributed by atoms with Gasteiger partial charge >= 0.3 is 0 Å². The third-order valence-corrected chi connectivity index (χ3v) is 8.66. The molecule has 9 heteroatoms. The largest absolute Gasteiger partial charge is 0.343 e. The number of hydrogen-bond donors (Lipinski definition) is 0. The zero-order chi connectivity index (χ0) is 26.7. The van der Waals surface area contributed by atoms with Crippen LogP contribution in [-0.2, 0) is 9.59 Å². The average Bonchev–Trinajstić information content (AvgIpc) is 2.93. The Bertz CT molecular complexity index is 1150. The Morgan fingerprint density at radius 2 is 1.54 bits per heavy atom. The van der Waals surface area contributed by atoms with Gasteiger partial charge in [0.15, 0.2) is 0 Å². The Hall–Kier alpha value is -2.28. The molecule has 0 radical (unpaired) electrons. The van der Waals surface area contributed by atoms with Gasteiger partial charge < -0.3 is 14.7 Å². The van der Waals surface area contributed by atoms with Gasteiger partial charge in [0.05, 0.1) is 10.0 Å². The zero-order valence-electron chi connectivity index (χ0n) is 21.1. The monoisotopic (exact) mass is 563 g/mol. The van der Waals surface area contributed by atoms with Crippen LogP contribution in [0.1, 0.15) is 54.4 Å². The molecule has 2 atom stereocenters. The highest BCUT2D eigenvalue weighted by molar-refractivity contribution is 6.42. The summed E-state index contributed by atoms with van der Waals surface area (Å²) in [6.45, 7) is 4.14. The minimum atomic E-state index is -0.131. The first kappa shape index (κ1) is 27.7. The molecule has 0 aliphatic carbocycles. The summed E-state index contributed by atoms with van der Waals surface area (Å²) >= 11 is 18.6. The zero-order valence-corrected chi connectivity index (χ0v) is 23.4. The number of amides is 3. The van der Waals surface area contributed by atoms with Crippen molar-refractivity contribution in [1.82, 2.24) is 14.7 Å². The number of piperidine rings is 2. The number of likely N-dealkylation sites (N-methyl/N-ethyl adjacent to an activating group) is 1. The van der Waals surface area contributed by atoms with E-state index in [1.54, 1.807) is 35.2 Å². The molecule has 2 heterocycles. The first-order chi connectivity index (χ1) is 17.7. The number of halogens is 3. The second-order valence-electron chi connectivity index (χ2n) is 9.85. The van der Waals surface area contributed by atoms with Gasteiger partial charge in [0.2, 0.25) is 11.8 Å². The van der Waals surface area contributed by atoms with Gasteiger partial charge in [0, 0.05) is 68.1 Å². The first-order valence-corrected chi connectivity index (χ1v) is 13.9. The molecule has 2 aromatic rings. The van der Waals surface area contributed by atoms with E-state index >= 15 is 0 Å². The molecule has 0 unspecified atom stereocenters. The topological polar surface area (TPSA) is 60.9 Å². The second kappa shape index (κ2) is 12.1. The maximum Gasteiger partial charge on any atom is 0.253 e. The average molecular weight is 565 g/mol. The van der Waals surface area contributed by atoms with E-state index in [0.717, 1.165) is 5.56 Å². The summed E-state index contributed by atoms with van der Waals surface area (Å²) in [5.41, 5.74) is 1.50. The lowest BCUT2D eigenvalue weighted by molar-refractivity contribution is -0.142. The third kappa shape index (κ3) is 6.24. The van der Waals surface area contributed by atoms with E-state index < -0.39 is 0 Å². The van der Waals surface area contributed by atoms with Crippen LogP contribution in [0.4, 0.5) is 0 Å². The molecule has 0 bridgehead atoms. The van der Waals surface area contributed by atoms with Gasteiger partial charge in [-0.2, -0.15) is 0 Å². The van der Waals surface area contributed by atoms with Crippen LogP contribution < -0.4 is 0 Å². The number of nitrogens with zero attached hydrogens (tertiary/aromatic N) is 3. The Balaban J connectivity index is 1.53. The SMILES string of the molecule is CCC(=O)N1CCC(C(=O)N2CC[C@@H](N(C)C(=O)c3ccc(Cl)cc3)[C@H](c3ccc(Cl)c(Cl)c3)C2)CC1. The molecule has 0 aromatic heterocycles. The molecular formula is C28H32Cl3N3O3. The summed E-state index contributed by atoms with van der Waals surface area (Å²) < 4.78 is 0. The standard InChI is InChI=1S/C28H32Cl3N3O3/c1-3-26(35)33-13-10-19(11-14-33)28(37)34-15-12-25(22(17-34)20-6-9-23(30)24(31)16-20)32(2)27(36)18-4-7-21(29)8-5-18/h4-9,16,19,22,25H,3,10-15,17H2,1-2H3/t22-,25+/m0/s1. The lowest BCUT2D eigenvalue weighted by atomic mass is 9.83. The number of likely N-dealkylation sites (tertiary alicyclic amines) is 2. The van der Waals surface area contributed by atoms with Crippen LogP contribution in [0.2, 0.25) is 15.1 Å².